The Balaban J connectivity index is 2.83. The average molecular weight is 297 g/mol. The van der Waals surface area contributed by atoms with Gasteiger partial charge in [0.25, 0.3) is 0 Å². The summed E-state index contributed by atoms with van der Waals surface area (Å²) in [7, 11) is -3.08. The number of para-hydroxylation sites is 1. The Labute approximate surface area is 121 Å². The molecule has 0 fully saturated rings. The minimum atomic E-state index is -3.08. The lowest BCUT2D eigenvalue weighted by molar-refractivity contribution is -0.118. The van der Waals surface area contributed by atoms with Crippen LogP contribution in [0.2, 0.25) is 0 Å². The van der Waals surface area contributed by atoms with E-state index in [1.54, 1.807) is 19.1 Å². The van der Waals surface area contributed by atoms with Crippen LogP contribution in [0, 0.1) is 5.92 Å². The van der Waals surface area contributed by atoms with E-state index in [-0.39, 0.29) is 5.78 Å². The lowest BCUT2D eigenvalue weighted by Gasteiger charge is -2.24. The minimum Gasteiger partial charge on any atom is -0.433 e. The van der Waals surface area contributed by atoms with Crippen LogP contribution in [-0.2, 0) is 9.36 Å². The van der Waals surface area contributed by atoms with Gasteiger partial charge in [-0.25, -0.2) is 5.09 Å². The van der Waals surface area contributed by atoms with E-state index in [0.717, 1.165) is 6.42 Å². The Morgan fingerprint density at radius 1 is 1.25 bits per heavy atom. The third-order valence-electron chi connectivity index (χ3n) is 3.00. The molecular weight excluding hydrogens is 273 g/mol. The van der Waals surface area contributed by atoms with Gasteiger partial charge in [-0.15, -0.1) is 0 Å². The zero-order valence-electron chi connectivity index (χ0n) is 12.6. The Morgan fingerprint density at radius 3 is 2.35 bits per heavy atom. The van der Waals surface area contributed by atoms with Crippen molar-refractivity contribution in [2.45, 2.75) is 40.2 Å². The van der Waals surface area contributed by atoms with Crippen molar-refractivity contribution in [1.82, 2.24) is 5.09 Å². The number of ketones is 1. The molecule has 0 radical (unpaired) electrons. The van der Waals surface area contributed by atoms with Gasteiger partial charge < -0.3 is 4.52 Å². The molecule has 0 saturated carbocycles. The molecule has 2 atom stereocenters. The van der Waals surface area contributed by atoms with E-state index in [9.17, 15) is 9.36 Å². The summed E-state index contributed by atoms with van der Waals surface area (Å²) in [6.07, 6.45) is 1.19. The Kier molecular flexibility index (Phi) is 6.44. The molecule has 0 aliphatic rings. The topological polar surface area (TPSA) is 55.4 Å². The van der Waals surface area contributed by atoms with Crippen LogP contribution in [0.25, 0.3) is 0 Å². The van der Waals surface area contributed by atoms with E-state index in [0.29, 0.717) is 17.8 Å². The maximum atomic E-state index is 12.9. The second kappa shape index (κ2) is 7.61. The van der Waals surface area contributed by atoms with Crippen molar-refractivity contribution in [3.8, 4) is 5.75 Å². The predicted octanol–water partition coefficient (Wildman–Crippen LogP) is 3.87. The third-order valence-corrected chi connectivity index (χ3v) is 5.13. The normalized spacial score (nSPS) is 15.7. The third kappa shape index (κ3) is 5.89. The molecule has 1 aromatic rings. The van der Waals surface area contributed by atoms with Crippen LogP contribution < -0.4 is 9.61 Å². The van der Waals surface area contributed by atoms with Gasteiger partial charge in [0.05, 0.1) is 6.04 Å². The molecule has 1 aromatic carbocycles. The SMILES string of the molecule is CC(=O)C(C)NP(=O)(CCC(C)C)Oc1ccccc1. The van der Waals surface area contributed by atoms with Gasteiger partial charge in [-0.1, -0.05) is 32.0 Å². The van der Waals surface area contributed by atoms with Crippen LogP contribution in [0.4, 0.5) is 0 Å². The first-order chi connectivity index (χ1) is 9.32. The van der Waals surface area contributed by atoms with Crippen LogP contribution in [0.15, 0.2) is 30.3 Å². The number of rotatable bonds is 8. The maximum absolute atomic E-state index is 12.9. The molecule has 1 N–H and O–H groups in total. The van der Waals surface area contributed by atoms with Gasteiger partial charge >= 0.3 is 7.52 Å². The van der Waals surface area contributed by atoms with Gasteiger partial charge in [-0.2, -0.15) is 0 Å². The molecule has 20 heavy (non-hydrogen) atoms. The van der Waals surface area contributed by atoms with Gasteiger partial charge in [0, 0.05) is 6.16 Å². The molecule has 0 heterocycles. The lowest BCUT2D eigenvalue weighted by atomic mass is 10.2. The maximum Gasteiger partial charge on any atom is 0.317 e. The molecule has 4 nitrogen and oxygen atoms in total. The highest BCUT2D eigenvalue weighted by Gasteiger charge is 2.28. The zero-order valence-corrected chi connectivity index (χ0v) is 13.5. The van der Waals surface area contributed by atoms with E-state index in [1.807, 2.05) is 18.2 Å². The predicted molar refractivity (Wildman–Crippen MR) is 82.3 cm³/mol. The van der Waals surface area contributed by atoms with E-state index in [1.165, 1.54) is 6.92 Å². The van der Waals surface area contributed by atoms with Crippen LogP contribution in [0.1, 0.15) is 34.1 Å². The summed E-state index contributed by atoms with van der Waals surface area (Å²) in [5.74, 6) is 0.936. The van der Waals surface area contributed by atoms with Crippen molar-refractivity contribution in [1.29, 1.82) is 0 Å². The van der Waals surface area contributed by atoms with Crippen LogP contribution in [0.5, 0.6) is 5.75 Å². The molecular formula is C15H24NO3P. The number of hydrogen-bond acceptors (Lipinski definition) is 3. The van der Waals surface area contributed by atoms with Crippen LogP contribution >= 0.6 is 7.52 Å². The monoisotopic (exact) mass is 297 g/mol. The first kappa shape index (κ1) is 16.9. The number of carbonyl (C=O) groups is 1. The van der Waals surface area contributed by atoms with Crippen molar-refractivity contribution in [2.24, 2.45) is 5.92 Å². The molecule has 0 aromatic heterocycles. The van der Waals surface area contributed by atoms with Gasteiger partial charge in [0.15, 0.2) is 0 Å². The molecule has 2 unspecified atom stereocenters. The summed E-state index contributed by atoms with van der Waals surface area (Å²) < 4.78 is 18.6. The Bertz CT molecular complexity index is 473. The number of hydrogen-bond donors (Lipinski definition) is 1. The molecule has 1 rings (SSSR count). The standard InChI is InChI=1S/C15H24NO3P/c1-12(2)10-11-20(18,16-13(3)14(4)17)19-15-8-6-5-7-9-15/h5-9,12-13H,10-11H2,1-4H3,(H,16,18). The van der Waals surface area contributed by atoms with Crippen molar-refractivity contribution >= 4 is 13.3 Å². The smallest absolute Gasteiger partial charge is 0.317 e. The van der Waals surface area contributed by atoms with Crippen molar-refractivity contribution in [3.63, 3.8) is 0 Å². The largest absolute Gasteiger partial charge is 0.433 e. The number of Topliss-reactive ketones (excluding diaryl/α,β-unsaturated/α-hetero) is 1. The molecule has 0 bridgehead atoms. The second-order valence-electron chi connectivity index (χ2n) is 5.45. The van der Waals surface area contributed by atoms with E-state index < -0.39 is 13.6 Å². The summed E-state index contributed by atoms with van der Waals surface area (Å²) in [4.78, 5) is 11.4. The highest BCUT2D eigenvalue weighted by Crippen LogP contribution is 2.44. The molecule has 0 saturated heterocycles. The van der Waals surface area contributed by atoms with E-state index in [2.05, 4.69) is 18.9 Å². The van der Waals surface area contributed by atoms with Crippen LogP contribution in [-0.4, -0.2) is 18.0 Å². The van der Waals surface area contributed by atoms with Gasteiger partial charge in [0.1, 0.15) is 11.5 Å². The molecule has 0 amide bonds. The highest BCUT2D eigenvalue weighted by atomic mass is 31.2. The van der Waals surface area contributed by atoms with Gasteiger partial charge in [-0.3, -0.25) is 9.36 Å². The summed E-state index contributed by atoms with van der Waals surface area (Å²) >= 11 is 0. The van der Waals surface area contributed by atoms with Gasteiger partial charge in [0.2, 0.25) is 0 Å². The number of carbonyl (C=O) groups excluding carboxylic acids is 1. The first-order valence-corrected chi connectivity index (χ1v) is 8.75. The van der Waals surface area contributed by atoms with Crippen molar-refractivity contribution in [3.05, 3.63) is 30.3 Å². The molecule has 0 aliphatic carbocycles. The molecule has 0 aliphatic heterocycles. The summed E-state index contributed by atoms with van der Waals surface area (Å²) in [5.41, 5.74) is 0. The van der Waals surface area contributed by atoms with E-state index >= 15 is 0 Å². The molecule has 112 valence electrons. The van der Waals surface area contributed by atoms with Gasteiger partial charge in [-0.05, 0) is 38.3 Å². The summed E-state index contributed by atoms with van der Waals surface area (Å²) in [6.45, 7) is 7.33. The zero-order chi connectivity index (χ0) is 15.2. The number of benzene rings is 1. The fourth-order valence-electron chi connectivity index (χ4n) is 1.60. The van der Waals surface area contributed by atoms with Crippen LogP contribution in [0.3, 0.4) is 0 Å². The second-order valence-corrected chi connectivity index (χ2v) is 7.68. The Hall–Kier alpha value is -1.12. The Morgan fingerprint density at radius 2 is 1.85 bits per heavy atom. The lowest BCUT2D eigenvalue weighted by Crippen LogP contribution is -2.32. The molecule has 0 spiro atoms. The van der Waals surface area contributed by atoms with Crippen molar-refractivity contribution in [2.75, 3.05) is 6.16 Å². The number of nitrogens with one attached hydrogen (secondary N) is 1. The summed E-state index contributed by atoms with van der Waals surface area (Å²) in [6, 6.07) is 8.59. The average Bonchev–Trinajstić information content (AvgIpc) is 2.37. The van der Waals surface area contributed by atoms with E-state index in [4.69, 9.17) is 4.52 Å². The first-order valence-electron chi connectivity index (χ1n) is 6.94. The summed E-state index contributed by atoms with van der Waals surface area (Å²) in [5, 5.41) is 2.88. The fraction of sp³-hybridized carbons (Fsp3) is 0.533. The fourth-order valence-corrected chi connectivity index (χ4v) is 3.97. The minimum absolute atomic E-state index is 0.0496. The molecule has 5 heteroatoms. The quantitative estimate of drug-likeness (QED) is 0.740. The highest BCUT2D eigenvalue weighted by molar-refractivity contribution is 7.57. The van der Waals surface area contributed by atoms with Crippen molar-refractivity contribution < 1.29 is 13.9 Å².